The molecule has 0 radical (unpaired) electrons. The largest absolute Gasteiger partial charge is 0.545 e. The lowest BCUT2D eigenvalue weighted by Crippen LogP contribution is -2.44. The Labute approximate surface area is 347 Å². The van der Waals surface area contributed by atoms with Crippen LogP contribution >= 0.6 is 0 Å². The molecule has 0 rings (SSSR count). The Balaban J connectivity index is 4.56. The van der Waals surface area contributed by atoms with Gasteiger partial charge in [0.15, 0.2) is 12.4 Å². The number of ether oxygens (including phenoxy) is 4. The van der Waals surface area contributed by atoms with Gasteiger partial charge in [-0.1, -0.05) is 131 Å². The number of hydrogen-bond donors (Lipinski definition) is 0. The molecule has 57 heavy (non-hydrogen) atoms. The molecule has 9 heteroatoms. The van der Waals surface area contributed by atoms with E-state index in [2.05, 4.69) is 98.9 Å². The molecule has 0 spiro atoms. The van der Waals surface area contributed by atoms with Crippen molar-refractivity contribution in [3.63, 3.8) is 0 Å². The number of aliphatic carboxylic acids is 1. The summed E-state index contributed by atoms with van der Waals surface area (Å²) in [5.41, 5.74) is 0. The quantitative estimate of drug-likeness (QED) is 0.0200. The standard InChI is InChI=1S/C48H79NO8/c1-6-8-10-12-14-16-18-19-20-21-22-23-24-25-26-27-29-31-33-35-37-39-46(51)57-44(43-56-48(47(52)53)54-41-40-49(3,4)5)42-55-45(50)38-36-34-32-30-28-17-15-13-11-9-7-2/h8,10,13-16,19-20,22-23,25-26,29,31,44,48H,6-7,9,11-12,17-18,21,24,27-28,30,32-43H2,1-5H3/b10-8-,15-13-,16-14-,20-19-,23-22-,26-25-,31-29-. The number of likely N-dealkylation sites (N-methyl/N-ethyl adjacent to an activating group) is 1. The molecule has 2 atom stereocenters. The van der Waals surface area contributed by atoms with E-state index in [0.29, 0.717) is 17.4 Å². The van der Waals surface area contributed by atoms with Crippen molar-refractivity contribution in [2.75, 3.05) is 47.5 Å². The summed E-state index contributed by atoms with van der Waals surface area (Å²) in [6.45, 7) is 4.49. The van der Waals surface area contributed by atoms with Crippen LogP contribution in [-0.4, -0.2) is 82.3 Å². The lowest BCUT2D eigenvalue weighted by atomic mass is 10.1. The van der Waals surface area contributed by atoms with Crippen molar-refractivity contribution in [2.24, 2.45) is 0 Å². The fourth-order valence-corrected chi connectivity index (χ4v) is 5.22. The van der Waals surface area contributed by atoms with Crippen molar-refractivity contribution in [2.45, 2.75) is 155 Å². The third-order valence-corrected chi connectivity index (χ3v) is 8.63. The van der Waals surface area contributed by atoms with Crippen molar-refractivity contribution in [3.05, 3.63) is 85.1 Å². The number of allylic oxidation sites excluding steroid dienone is 14. The van der Waals surface area contributed by atoms with E-state index < -0.39 is 24.3 Å². The second kappa shape index (κ2) is 39.3. The number of quaternary nitrogens is 1. The molecule has 2 unspecified atom stereocenters. The highest BCUT2D eigenvalue weighted by Crippen LogP contribution is 2.11. The van der Waals surface area contributed by atoms with Crippen LogP contribution in [-0.2, 0) is 33.3 Å². The van der Waals surface area contributed by atoms with E-state index in [1.807, 2.05) is 21.1 Å². The molecule has 0 aromatic carbocycles. The zero-order chi connectivity index (χ0) is 42.1. The average Bonchev–Trinajstić information content (AvgIpc) is 3.17. The number of hydrogen-bond acceptors (Lipinski definition) is 8. The van der Waals surface area contributed by atoms with Crippen molar-refractivity contribution in [1.29, 1.82) is 0 Å². The first-order valence-corrected chi connectivity index (χ1v) is 21.7. The highest BCUT2D eigenvalue weighted by Gasteiger charge is 2.21. The Morgan fingerprint density at radius 3 is 1.54 bits per heavy atom. The normalized spacial score (nSPS) is 13.8. The van der Waals surface area contributed by atoms with Crippen LogP contribution in [0, 0.1) is 0 Å². The molecule has 0 saturated heterocycles. The minimum absolute atomic E-state index is 0.133. The van der Waals surface area contributed by atoms with Gasteiger partial charge in [-0.25, -0.2) is 0 Å². The van der Waals surface area contributed by atoms with Crippen LogP contribution in [0.25, 0.3) is 0 Å². The van der Waals surface area contributed by atoms with E-state index in [1.165, 1.54) is 12.8 Å². The number of esters is 2. The predicted molar refractivity (Wildman–Crippen MR) is 232 cm³/mol. The maximum Gasteiger partial charge on any atom is 0.306 e. The Morgan fingerprint density at radius 1 is 0.544 bits per heavy atom. The Kier molecular flexibility index (Phi) is 36.9. The number of carboxylic acid groups (broad SMARTS) is 1. The maximum atomic E-state index is 12.7. The number of rotatable bonds is 38. The van der Waals surface area contributed by atoms with Crippen molar-refractivity contribution < 1.29 is 42.9 Å². The molecule has 324 valence electrons. The first-order chi connectivity index (χ1) is 27.6. The fraction of sp³-hybridized carbons (Fsp3) is 0.646. The number of nitrogens with zero attached hydrogens (tertiary/aromatic N) is 1. The topological polar surface area (TPSA) is 111 Å². The van der Waals surface area contributed by atoms with Gasteiger partial charge in [0.25, 0.3) is 0 Å². The van der Waals surface area contributed by atoms with Gasteiger partial charge in [-0.3, -0.25) is 9.59 Å². The van der Waals surface area contributed by atoms with Gasteiger partial charge in [0.05, 0.1) is 40.3 Å². The van der Waals surface area contributed by atoms with Gasteiger partial charge in [0.2, 0.25) is 0 Å². The van der Waals surface area contributed by atoms with Crippen LogP contribution in [0.2, 0.25) is 0 Å². The summed E-state index contributed by atoms with van der Waals surface area (Å²) in [6, 6.07) is 0. The molecule has 0 amide bonds. The summed E-state index contributed by atoms with van der Waals surface area (Å²) in [6.07, 6.45) is 46.2. The molecule has 9 nitrogen and oxygen atoms in total. The Bertz CT molecular complexity index is 1210. The van der Waals surface area contributed by atoms with Crippen molar-refractivity contribution >= 4 is 17.9 Å². The van der Waals surface area contributed by atoms with E-state index in [0.717, 1.165) is 96.3 Å². The van der Waals surface area contributed by atoms with Gasteiger partial charge in [-0.15, -0.1) is 0 Å². The SMILES string of the molecule is CC/C=C\C/C=C\C/C=C\C/C=C\C/C=C\C/C=C\CCCCC(=O)OC(COC(=O)CCCCCCC/C=C\CCCC)COC(OCC[N+](C)(C)C)C(=O)[O-]. The third kappa shape index (κ3) is 40.5. The summed E-state index contributed by atoms with van der Waals surface area (Å²) in [5, 5.41) is 11.7. The second-order valence-electron chi connectivity index (χ2n) is 15.2. The van der Waals surface area contributed by atoms with E-state index in [1.54, 1.807) is 0 Å². The lowest BCUT2D eigenvalue weighted by Gasteiger charge is -2.26. The number of carbonyl (C=O) groups excluding carboxylic acids is 3. The zero-order valence-electron chi connectivity index (χ0n) is 36.4. The third-order valence-electron chi connectivity index (χ3n) is 8.63. The van der Waals surface area contributed by atoms with Crippen LogP contribution in [0.4, 0.5) is 0 Å². The molecule has 0 fully saturated rings. The van der Waals surface area contributed by atoms with Gasteiger partial charge in [0.1, 0.15) is 13.2 Å². The minimum atomic E-state index is -1.64. The van der Waals surface area contributed by atoms with Gasteiger partial charge in [0, 0.05) is 12.8 Å². The highest BCUT2D eigenvalue weighted by molar-refractivity contribution is 5.70. The summed E-state index contributed by atoms with van der Waals surface area (Å²) in [5.74, 6) is -2.37. The molecule has 0 N–H and O–H groups in total. The van der Waals surface area contributed by atoms with Crippen LogP contribution in [0.1, 0.15) is 142 Å². The first kappa shape index (κ1) is 53.5. The van der Waals surface area contributed by atoms with E-state index in [9.17, 15) is 19.5 Å². The minimum Gasteiger partial charge on any atom is -0.545 e. The fourth-order valence-electron chi connectivity index (χ4n) is 5.22. The van der Waals surface area contributed by atoms with Crippen molar-refractivity contribution in [3.8, 4) is 0 Å². The molecule has 0 heterocycles. The maximum absolute atomic E-state index is 12.7. The molecule has 0 aliphatic carbocycles. The second-order valence-corrected chi connectivity index (χ2v) is 15.2. The Morgan fingerprint density at radius 2 is 1.00 bits per heavy atom. The van der Waals surface area contributed by atoms with E-state index in [-0.39, 0.29) is 38.6 Å². The molecule has 0 aromatic heterocycles. The monoisotopic (exact) mass is 798 g/mol. The Hall–Kier alpha value is -3.53. The zero-order valence-corrected chi connectivity index (χ0v) is 36.4. The van der Waals surface area contributed by atoms with Crippen LogP contribution in [0.15, 0.2) is 85.1 Å². The molecule has 0 aliphatic rings. The summed E-state index contributed by atoms with van der Waals surface area (Å²) < 4.78 is 22.4. The van der Waals surface area contributed by atoms with Crippen LogP contribution < -0.4 is 5.11 Å². The summed E-state index contributed by atoms with van der Waals surface area (Å²) in [4.78, 5) is 36.9. The summed E-state index contributed by atoms with van der Waals surface area (Å²) in [7, 11) is 5.87. The van der Waals surface area contributed by atoms with E-state index >= 15 is 0 Å². The van der Waals surface area contributed by atoms with Gasteiger partial charge in [-0.2, -0.15) is 0 Å². The van der Waals surface area contributed by atoms with Gasteiger partial charge < -0.3 is 33.3 Å². The van der Waals surface area contributed by atoms with Gasteiger partial charge in [-0.05, 0) is 83.5 Å². The first-order valence-electron chi connectivity index (χ1n) is 21.7. The molecule has 0 aromatic rings. The molecular formula is C48H79NO8. The number of carboxylic acids is 1. The van der Waals surface area contributed by atoms with Crippen molar-refractivity contribution in [1.82, 2.24) is 0 Å². The van der Waals surface area contributed by atoms with Crippen LogP contribution in [0.5, 0.6) is 0 Å². The molecule has 0 bridgehead atoms. The highest BCUT2D eigenvalue weighted by atomic mass is 16.7. The molecule has 0 aliphatic heterocycles. The van der Waals surface area contributed by atoms with Gasteiger partial charge >= 0.3 is 11.9 Å². The molecule has 0 saturated carbocycles. The van der Waals surface area contributed by atoms with Crippen LogP contribution in [0.3, 0.4) is 0 Å². The lowest BCUT2D eigenvalue weighted by molar-refractivity contribution is -0.870. The summed E-state index contributed by atoms with van der Waals surface area (Å²) >= 11 is 0. The smallest absolute Gasteiger partial charge is 0.306 e. The number of carbonyl (C=O) groups is 3. The molecular weight excluding hydrogens is 719 g/mol. The average molecular weight is 798 g/mol. The number of unbranched alkanes of at least 4 members (excludes halogenated alkanes) is 9. The van der Waals surface area contributed by atoms with E-state index in [4.69, 9.17) is 18.9 Å². The predicted octanol–water partition coefficient (Wildman–Crippen LogP) is 9.99.